The van der Waals surface area contributed by atoms with Crippen molar-refractivity contribution in [3.05, 3.63) is 48.2 Å². The molecule has 1 atom stereocenters. The lowest BCUT2D eigenvalue weighted by Crippen LogP contribution is -2.19. The van der Waals surface area contributed by atoms with Gasteiger partial charge in [0.25, 0.3) is 0 Å². The summed E-state index contributed by atoms with van der Waals surface area (Å²) in [5, 5.41) is 4.22. The number of nitrogens with two attached hydrogens (primary N) is 1. The summed E-state index contributed by atoms with van der Waals surface area (Å²) in [4.78, 5) is 0. The first-order valence-corrected chi connectivity index (χ1v) is 5.16. The van der Waals surface area contributed by atoms with E-state index >= 15 is 0 Å². The van der Waals surface area contributed by atoms with Crippen LogP contribution in [0.25, 0.3) is 0 Å². The zero-order valence-electron chi connectivity index (χ0n) is 9.21. The fourth-order valence-corrected chi connectivity index (χ4v) is 1.73. The Bertz CT molecular complexity index is 439. The normalized spacial score (nSPS) is 12.6. The zero-order chi connectivity index (χ0) is 11.4. The number of rotatable bonds is 4. The lowest BCUT2D eigenvalue weighted by Gasteiger charge is -2.18. The van der Waals surface area contributed by atoms with Gasteiger partial charge in [0.2, 0.25) is 0 Å². The van der Waals surface area contributed by atoms with Crippen molar-refractivity contribution >= 4 is 5.82 Å². The third-order valence-electron chi connectivity index (χ3n) is 2.51. The maximum absolute atomic E-state index is 5.85. The molecule has 0 aliphatic carbocycles. The van der Waals surface area contributed by atoms with E-state index in [0.717, 1.165) is 5.56 Å². The molecule has 0 amide bonds. The number of nitrogen functional groups attached to an aromatic ring is 1. The van der Waals surface area contributed by atoms with E-state index in [-0.39, 0.29) is 6.04 Å². The number of hydrogen-bond donors (Lipinski definition) is 1. The Hall–Kier alpha value is -1.81. The van der Waals surface area contributed by atoms with Gasteiger partial charge in [-0.15, -0.1) is 0 Å². The monoisotopic (exact) mass is 217 g/mol. The molecule has 2 N–H and O–H groups in total. The third-order valence-corrected chi connectivity index (χ3v) is 2.51. The Kier molecular flexibility index (Phi) is 3.22. The summed E-state index contributed by atoms with van der Waals surface area (Å²) in [5.41, 5.74) is 6.99. The topological polar surface area (TPSA) is 53.1 Å². The van der Waals surface area contributed by atoms with Crippen molar-refractivity contribution in [1.29, 1.82) is 0 Å². The Morgan fingerprint density at radius 3 is 2.62 bits per heavy atom. The molecule has 84 valence electrons. The summed E-state index contributed by atoms with van der Waals surface area (Å²) < 4.78 is 7.00. The highest BCUT2D eigenvalue weighted by Crippen LogP contribution is 2.20. The van der Waals surface area contributed by atoms with Gasteiger partial charge in [-0.05, 0) is 11.6 Å². The van der Waals surface area contributed by atoms with E-state index in [1.165, 1.54) is 0 Å². The smallest absolute Gasteiger partial charge is 0.122 e. The Balaban J connectivity index is 2.35. The second-order valence-corrected chi connectivity index (χ2v) is 3.58. The first-order chi connectivity index (χ1) is 7.83. The van der Waals surface area contributed by atoms with Crippen LogP contribution < -0.4 is 5.73 Å². The number of aromatic nitrogens is 2. The number of methoxy groups -OCH3 is 1. The summed E-state index contributed by atoms with van der Waals surface area (Å²) in [6, 6.07) is 11.9. The van der Waals surface area contributed by atoms with E-state index in [0.29, 0.717) is 12.4 Å². The summed E-state index contributed by atoms with van der Waals surface area (Å²) in [7, 11) is 1.68. The van der Waals surface area contributed by atoms with Gasteiger partial charge in [-0.1, -0.05) is 30.3 Å². The van der Waals surface area contributed by atoms with Crippen molar-refractivity contribution in [2.75, 3.05) is 19.5 Å². The van der Waals surface area contributed by atoms with Gasteiger partial charge in [-0.25, -0.2) is 4.68 Å². The maximum Gasteiger partial charge on any atom is 0.122 e. The van der Waals surface area contributed by atoms with Crippen LogP contribution in [0, 0.1) is 0 Å². The van der Waals surface area contributed by atoms with Crippen molar-refractivity contribution in [2.45, 2.75) is 6.04 Å². The number of hydrogen-bond acceptors (Lipinski definition) is 3. The molecule has 4 nitrogen and oxygen atoms in total. The lowest BCUT2D eigenvalue weighted by molar-refractivity contribution is 0.165. The molecule has 2 aromatic rings. The molecular weight excluding hydrogens is 202 g/mol. The highest BCUT2D eigenvalue weighted by Gasteiger charge is 2.15. The third kappa shape index (κ3) is 2.06. The van der Waals surface area contributed by atoms with Gasteiger partial charge in [-0.3, -0.25) is 0 Å². The predicted octanol–water partition coefficient (Wildman–Crippen LogP) is 1.70. The molecule has 1 aromatic heterocycles. The van der Waals surface area contributed by atoms with Gasteiger partial charge >= 0.3 is 0 Å². The summed E-state index contributed by atoms with van der Waals surface area (Å²) in [6.07, 6.45) is 1.70. The van der Waals surface area contributed by atoms with Gasteiger partial charge < -0.3 is 10.5 Å². The molecule has 0 aliphatic heterocycles. The molecule has 1 aromatic carbocycles. The second kappa shape index (κ2) is 4.81. The summed E-state index contributed by atoms with van der Waals surface area (Å²) >= 11 is 0. The van der Waals surface area contributed by atoms with E-state index in [4.69, 9.17) is 10.5 Å². The van der Waals surface area contributed by atoms with Crippen LogP contribution in [0.1, 0.15) is 11.6 Å². The number of ether oxygens (including phenoxy) is 1. The molecule has 0 fully saturated rings. The average Bonchev–Trinajstić information content (AvgIpc) is 2.73. The fourth-order valence-electron chi connectivity index (χ4n) is 1.73. The Morgan fingerprint density at radius 2 is 2.06 bits per heavy atom. The quantitative estimate of drug-likeness (QED) is 0.848. The number of benzene rings is 1. The number of nitrogens with zero attached hydrogens (tertiary/aromatic N) is 2. The minimum atomic E-state index is 0.0289. The number of anilines is 1. The van der Waals surface area contributed by atoms with Crippen molar-refractivity contribution in [1.82, 2.24) is 9.78 Å². The van der Waals surface area contributed by atoms with Gasteiger partial charge in [0, 0.05) is 7.11 Å². The molecule has 1 unspecified atom stereocenters. The van der Waals surface area contributed by atoms with E-state index < -0.39 is 0 Å². The Labute approximate surface area is 94.6 Å². The molecule has 4 heteroatoms. The molecule has 1 heterocycles. The van der Waals surface area contributed by atoms with Crippen LogP contribution in [0.2, 0.25) is 0 Å². The van der Waals surface area contributed by atoms with Gasteiger partial charge in [0.05, 0.1) is 12.8 Å². The second-order valence-electron chi connectivity index (χ2n) is 3.58. The predicted molar refractivity (Wildman–Crippen MR) is 63.1 cm³/mol. The SMILES string of the molecule is COCC(c1ccccc1)n1nccc1N. The van der Waals surface area contributed by atoms with Crippen LogP contribution in [-0.2, 0) is 4.74 Å². The molecule has 0 bridgehead atoms. The average molecular weight is 217 g/mol. The van der Waals surface area contributed by atoms with Crippen molar-refractivity contribution in [3.63, 3.8) is 0 Å². The molecule has 0 spiro atoms. The van der Waals surface area contributed by atoms with E-state index in [2.05, 4.69) is 5.10 Å². The first-order valence-electron chi connectivity index (χ1n) is 5.16. The first kappa shape index (κ1) is 10.7. The fraction of sp³-hybridized carbons (Fsp3) is 0.250. The summed E-state index contributed by atoms with van der Waals surface area (Å²) in [6.45, 7) is 0.551. The van der Waals surface area contributed by atoms with Crippen molar-refractivity contribution < 1.29 is 4.74 Å². The molecule has 0 saturated heterocycles. The minimum absolute atomic E-state index is 0.0289. The standard InChI is InChI=1S/C12H15N3O/c1-16-9-11(10-5-3-2-4-6-10)15-12(13)7-8-14-15/h2-8,11H,9,13H2,1H3. The Morgan fingerprint density at radius 1 is 1.31 bits per heavy atom. The van der Waals surface area contributed by atoms with Gasteiger partial charge in [0.1, 0.15) is 11.9 Å². The zero-order valence-corrected chi connectivity index (χ0v) is 9.21. The lowest BCUT2D eigenvalue weighted by atomic mass is 10.1. The molecular formula is C12H15N3O. The minimum Gasteiger partial charge on any atom is -0.384 e. The maximum atomic E-state index is 5.85. The van der Waals surface area contributed by atoms with E-state index in [1.807, 2.05) is 30.3 Å². The van der Waals surface area contributed by atoms with Crippen molar-refractivity contribution in [3.8, 4) is 0 Å². The summed E-state index contributed by atoms with van der Waals surface area (Å²) in [5.74, 6) is 0.644. The van der Waals surface area contributed by atoms with Crippen LogP contribution in [0.5, 0.6) is 0 Å². The van der Waals surface area contributed by atoms with E-state index in [9.17, 15) is 0 Å². The molecule has 0 radical (unpaired) electrons. The van der Waals surface area contributed by atoms with Crippen LogP contribution in [0.15, 0.2) is 42.6 Å². The van der Waals surface area contributed by atoms with Crippen molar-refractivity contribution in [2.24, 2.45) is 0 Å². The van der Waals surface area contributed by atoms with E-state index in [1.54, 1.807) is 24.1 Å². The van der Waals surface area contributed by atoms with Crippen LogP contribution in [-0.4, -0.2) is 23.5 Å². The van der Waals surface area contributed by atoms with Crippen LogP contribution >= 0.6 is 0 Å². The largest absolute Gasteiger partial charge is 0.384 e. The highest BCUT2D eigenvalue weighted by atomic mass is 16.5. The molecule has 0 saturated carbocycles. The molecule has 16 heavy (non-hydrogen) atoms. The van der Waals surface area contributed by atoms with Gasteiger partial charge in [-0.2, -0.15) is 5.10 Å². The highest BCUT2D eigenvalue weighted by molar-refractivity contribution is 5.30. The molecule has 2 rings (SSSR count). The van der Waals surface area contributed by atoms with Crippen LogP contribution in [0.4, 0.5) is 5.82 Å². The molecule has 0 aliphatic rings. The van der Waals surface area contributed by atoms with Crippen LogP contribution in [0.3, 0.4) is 0 Å². The van der Waals surface area contributed by atoms with Gasteiger partial charge in [0.15, 0.2) is 0 Å².